The number of nitrogens with zero attached hydrogens (tertiary/aromatic N) is 5. The Morgan fingerprint density at radius 2 is 2.03 bits per heavy atom. The number of hydrogen-bond acceptors (Lipinski definition) is 8. The summed E-state index contributed by atoms with van der Waals surface area (Å²) >= 11 is 0. The molecule has 1 aromatic carbocycles. The van der Waals surface area contributed by atoms with Crippen LogP contribution < -0.4 is 15.4 Å². The number of pyridine rings is 1. The number of ether oxygens (including phenoxy) is 1. The lowest BCUT2D eigenvalue weighted by Crippen LogP contribution is -2.42. The molecule has 0 saturated carbocycles. The van der Waals surface area contributed by atoms with Crippen LogP contribution in [0, 0.1) is 24.1 Å². The van der Waals surface area contributed by atoms with Gasteiger partial charge in [-0.1, -0.05) is 6.07 Å². The highest BCUT2D eigenvalue weighted by molar-refractivity contribution is 5.83. The summed E-state index contributed by atoms with van der Waals surface area (Å²) in [7, 11) is 0. The van der Waals surface area contributed by atoms with Crippen LogP contribution in [0.5, 0.6) is 11.6 Å². The second-order valence-electron chi connectivity index (χ2n) is 8.11. The van der Waals surface area contributed by atoms with E-state index in [0.717, 1.165) is 44.0 Å². The number of aromatic amines is 1. The van der Waals surface area contributed by atoms with E-state index in [-0.39, 0.29) is 23.0 Å². The van der Waals surface area contributed by atoms with E-state index in [0.29, 0.717) is 16.7 Å². The molecule has 1 fully saturated rings. The predicted octanol–water partition coefficient (Wildman–Crippen LogP) is 3.61. The van der Waals surface area contributed by atoms with Crippen molar-refractivity contribution < 1.29 is 9.13 Å². The van der Waals surface area contributed by atoms with Gasteiger partial charge in [-0.05, 0) is 36.8 Å². The third-order valence-corrected chi connectivity index (χ3v) is 5.65. The van der Waals surface area contributed by atoms with Gasteiger partial charge in [-0.25, -0.2) is 19.3 Å². The molecular formula is C24H23FN8O. The Hall–Kier alpha value is -4.07. The van der Waals surface area contributed by atoms with E-state index in [4.69, 9.17) is 4.74 Å². The zero-order valence-electron chi connectivity index (χ0n) is 18.6. The van der Waals surface area contributed by atoms with Crippen molar-refractivity contribution in [3.05, 3.63) is 65.5 Å². The quantitative estimate of drug-likeness (QED) is 0.401. The number of rotatable bonds is 6. The number of nitrogens with one attached hydrogen (secondary N) is 3. The van der Waals surface area contributed by atoms with E-state index in [1.807, 2.05) is 25.1 Å². The number of fused-ring (bicyclic) bond motifs is 1. The van der Waals surface area contributed by atoms with E-state index in [9.17, 15) is 9.65 Å². The molecule has 0 aliphatic carbocycles. The number of halogens is 1. The summed E-state index contributed by atoms with van der Waals surface area (Å²) in [6.45, 7) is 6.68. The standard InChI is InChI=1S/C24H23FN8O/c1-15-10-17-19(31-15)3-4-20(22(17)25)34-24-18(11-26)23(29-14-30-24)32-21-5-2-16(12-28-21)13-33-8-6-27-7-9-33/h2-5,10,12,14,27,31H,6-9,13H2,1H3,(H,28,29,30,32). The van der Waals surface area contributed by atoms with E-state index in [1.54, 1.807) is 18.3 Å². The summed E-state index contributed by atoms with van der Waals surface area (Å²) in [6.07, 6.45) is 3.06. The molecule has 1 aliphatic rings. The normalized spacial score (nSPS) is 14.1. The highest BCUT2D eigenvalue weighted by atomic mass is 19.1. The minimum atomic E-state index is -0.527. The van der Waals surface area contributed by atoms with Crippen LogP contribution in [-0.4, -0.2) is 51.0 Å². The summed E-state index contributed by atoms with van der Waals surface area (Å²) in [5, 5.41) is 16.5. The smallest absolute Gasteiger partial charge is 0.242 e. The lowest BCUT2D eigenvalue weighted by Gasteiger charge is -2.27. The summed E-state index contributed by atoms with van der Waals surface area (Å²) in [5.74, 6) is 0.166. The van der Waals surface area contributed by atoms with Crippen LogP contribution in [0.2, 0.25) is 0 Å². The monoisotopic (exact) mass is 458 g/mol. The average molecular weight is 459 g/mol. The molecule has 1 saturated heterocycles. The average Bonchev–Trinajstić information content (AvgIpc) is 3.24. The molecule has 0 radical (unpaired) electrons. The Bertz CT molecular complexity index is 1360. The highest BCUT2D eigenvalue weighted by Crippen LogP contribution is 2.32. The molecule has 4 aromatic rings. The van der Waals surface area contributed by atoms with Gasteiger partial charge >= 0.3 is 0 Å². The van der Waals surface area contributed by atoms with Crippen molar-refractivity contribution in [1.29, 1.82) is 5.26 Å². The molecule has 34 heavy (non-hydrogen) atoms. The molecule has 0 bridgehead atoms. The zero-order chi connectivity index (χ0) is 23.5. The van der Waals surface area contributed by atoms with Crippen LogP contribution in [0.15, 0.2) is 42.9 Å². The maximum Gasteiger partial charge on any atom is 0.242 e. The van der Waals surface area contributed by atoms with Gasteiger partial charge in [0.05, 0.1) is 0 Å². The summed E-state index contributed by atoms with van der Waals surface area (Å²) < 4.78 is 20.7. The second kappa shape index (κ2) is 9.43. The topological polar surface area (TPSA) is 115 Å². The lowest BCUT2D eigenvalue weighted by atomic mass is 10.2. The van der Waals surface area contributed by atoms with Crippen molar-refractivity contribution >= 4 is 22.5 Å². The Kier molecular flexibility index (Phi) is 6.03. The number of aromatic nitrogens is 4. The van der Waals surface area contributed by atoms with Crippen LogP contribution in [0.3, 0.4) is 0 Å². The van der Waals surface area contributed by atoms with E-state index in [2.05, 4.69) is 35.5 Å². The molecule has 4 heterocycles. The molecule has 0 atom stereocenters. The van der Waals surface area contributed by atoms with Gasteiger partial charge < -0.3 is 20.4 Å². The van der Waals surface area contributed by atoms with Crippen molar-refractivity contribution in [2.45, 2.75) is 13.5 Å². The minimum Gasteiger partial charge on any atom is -0.434 e. The lowest BCUT2D eigenvalue weighted by molar-refractivity contribution is 0.233. The largest absolute Gasteiger partial charge is 0.434 e. The number of anilines is 2. The van der Waals surface area contributed by atoms with Gasteiger partial charge in [-0.2, -0.15) is 5.26 Å². The molecule has 0 amide bonds. The molecule has 1 aliphatic heterocycles. The van der Waals surface area contributed by atoms with Crippen molar-refractivity contribution in [3.63, 3.8) is 0 Å². The first-order chi connectivity index (χ1) is 16.6. The number of nitriles is 1. The first-order valence-electron chi connectivity index (χ1n) is 11.0. The number of aryl methyl sites for hydroxylation is 1. The summed E-state index contributed by atoms with van der Waals surface area (Å²) in [6, 6.07) is 10.8. The van der Waals surface area contributed by atoms with Gasteiger partial charge in [0.1, 0.15) is 18.2 Å². The SMILES string of the molecule is Cc1cc2c(F)c(Oc3ncnc(Nc4ccc(CN5CCNCC5)cn4)c3C#N)ccc2[nH]1. The Balaban J connectivity index is 1.35. The Labute approximate surface area is 195 Å². The van der Waals surface area contributed by atoms with Gasteiger partial charge in [0.25, 0.3) is 0 Å². The number of piperazine rings is 1. The molecule has 0 unspecified atom stereocenters. The Morgan fingerprint density at radius 1 is 1.18 bits per heavy atom. The molecule has 3 aromatic heterocycles. The highest BCUT2D eigenvalue weighted by Gasteiger charge is 2.18. The minimum absolute atomic E-state index is 0.0250. The number of H-pyrrole nitrogens is 1. The van der Waals surface area contributed by atoms with Crippen LogP contribution >= 0.6 is 0 Å². The van der Waals surface area contributed by atoms with Crippen molar-refractivity contribution in [2.75, 3.05) is 31.5 Å². The third kappa shape index (κ3) is 4.52. The fourth-order valence-corrected chi connectivity index (χ4v) is 3.95. The van der Waals surface area contributed by atoms with Crippen LogP contribution in [0.1, 0.15) is 16.8 Å². The molecule has 3 N–H and O–H groups in total. The maximum atomic E-state index is 15.0. The molecule has 172 valence electrons. The van der Waals surface area contributed by atoms with Gasteiger partial charge in [0.2, 0.25) is 5.88 Å². The van der Waals surface area contributed by atoms with Crippen LogP contribution in [0.25, 0.3) is 10.9 Å². The predicted molar refractivity (Wildman–Crippen MR) is 125 cm³/mol. The molecule has 9 nitrogen and oxygen atoms in total. The molecular weight excluding hydrogens is 435 g/mol. The molecule has 10 heteroatoms. The third-order valence-electron chi connectivity index (χ3n) is 5.65. The van der Waals surface area contributed by atoms with E-state index in [1.165, 1.54) is 12.4 Å². The summed E-state index contributed by atoms with van der Waals surface area (Å²) in [5.41, 5.74) is 2.66. The molecule has 0 spiro atoms. The van der Waals surface area contributed by atoms with E-state index >= 15 is 0 Å². The maximum absolute atomic E-state index is 15.0. The van der Waals surface area contributed by atoms with Gasteiger partial charge in [-0.3, -0.25) is 4.90 Å². The number of benzene rings is 1. The fraction of sp³-hybridized carbons (Fsp3) is 0.250. The van der Waals surface area contributed by atoms with Gasteiger partial charge in [0, 0.05) is 55.5 Å². The fourth-order valence-electron chi connectivity index (χ4n) is 3.95. The van der Waals surface area contributed by atoms with Crippen molar-refractivity contribution in [3.8, 4) is 17.7 Å². The number of hydrogen-bond donors (Lipinski definition) is 3. The van der Waals surface area contributed by atoms with Crippen molar-refractivity contribution in [2.24, 2.45) is 0 Å². The first kappa shape index (κ1) is 21.8. The summed E-state index contributed by atoms with van der Waals surface area (Å²) in [4.78, 5) is 18.1. The van der Waals surface area contributed by atoms with Gasteiger partial charge in [-0.15, -0.1) is 0 Å². The van der Waals surface area contributed by atoms with Gasteiger partial charge in [0.15, 0.2) is 22.9 Å². The van der Waals surface area contributed by atoms with Crippen molar-refractivity contribution in [1.82, 2.24) is 30.2 Å². The van der Waals surface area contributed by atoms with E-state index < -0.39 is 5.82 Å². The first-order valence-corrected chi connectivity index (χ1v) is 11.0. The molecule has 5 rings (SSSR count). The Morgan fingerprint density at radius 3 is 2.79 bits per heavy atom. The zero-order valence-corrected chi connectivity index (χ0v) is 18.6. The van der Waals surface area contributed by atoms with Crippen LogP contribution in [0.4, 0.5) is 16.0 Å². The second-order valence-corrected chi connectivity index (χ2v) is 8.11. The van der Waals surface area contributed by atoms with Crippen LogP contribution in [-0.2, 0) is 6.54 Å².